The van der Waals surface area contributed by atoms with Crippen LogP contribution in [0.1, 0.15) is 61.1 Å². The van der Waals surface area contributed by atoms with Gasteiger partial charge in [-0.3, -0.25) is 19.5 Å². The Kier molecular flexibility index (Phi) is 9.71. The van der Waals surface area contributed by atoms with Crippen molar-refractivity contribution in [2.45, 2.75) is 90.8 Å². The summed E-state index contributed by atoms with van der Waals surface area (Å²) in [5.74, 6) is -2.98. The van der Waals surface area contributed by atoms with Gasteiger partial charge in [-0.25, -0.2) is 18.9 Å². The van der Waals surface area contributed by atoms with E-state index < -0.39 is 68.8 Å². The van der Waals surface area contributed by atoms with Crippen LogP contribution >= 0.6 is 11.3 Å². The summed E-state index contributed by atoms with van der Waals surface area (Å²) in [6.07, 6.45) is 1.68. The summed E-state index contributed by atoms with van der Waals surface area (Å²) in [7, 11) is -4.98. The first-order valence-electron chi connectivity index (χ1n) is 13.0. The second-order valence-electron chi connectivity index (χ2n) is 12.0. The highest BCUT2D eigenvalue weighted by Gasteiger charge is 2.54. The number of carbonyl (C=O) groups excluding carboxylic acids is 4. The zero-order valence-electron chi connectivity index (χ0n) is 25.2. The zero-order valence-corrected chi connectivity index (χ0v) is 26.8. The molecule has 0 spiro atoms. The van der Waals surface area contributed by atoms with Crippen LogP contribution in [0.15, 0.2) is 23.2 Å². The second-order valence-corrected chi connectivity index (χ2v) is 14.1. The molecule has 2 aromatic rings. The number of oxime groups is 1. The smallest absolute Gasteiger partial charge is 0.413 e. The van der Waals surface area contributed by atoms with Crippen LogP contribution in [-0.2, 0) is 45.5 Å². The van der Waals surface area contributed by atoms with E-state index in [1.54, 1.807) is 41.5 Å². The summed E-state index contributed by atoms with van der Waals surface area (Å²) in [5, 5.41) is 17.3. The van der Waals surface area contributed by atoms with Gasteiger partial charge in [0, 0.05) is 11.9 Å². The van der Waals surface area contributed by atoms with E-state index in [9.17, 15) is 32.1 Å². The fourth-order valence-electron chi connectivity index (χ4n) is 3.52. The Hall–Kier alpha value is -4.17. The Labute approximate surface area is 257 Å². The lowest BCUT2D eigenvalue weighted by Crippen LogP contribution is -2.73. The predicted octanol–water partition coefficient (Wildman–Crippen LogP) is 1.12. The zero-order chi connectivity index (χ0) is 33.3. The molecule has 1 saturated heterocycles. The largest absolute Gasteiger partial charge is 0.457 e. The number of β-lactam (4-membered cyclic amide) rings is 1. The molecule has 0 aromatic carbocycles. The van der Waals surface area contributed by atoms with E-state index in [4.69, 9.17) is 14.3 Å². The highest BCUT2D eigenvalue weighted by Crippen LogP contribution is 2.26. The molecule has 3 N–H and O–H groups in total. The molecule has 3 amide bonds. The predicted molar refractivity (Wildman–Crippen MR) is 154 cm³/mol. The first kappa shape index (κ1) is 34.3. The van der Waals surface area contributed by atoms with Gasteiger partial charge in [-0.1, -0.05) is 5.16 Å². The summed E-state index contributed by atoms with van der Waals surface area (Å²) in [4.78, 5) is 60.8. The topological polar surface area (TPSA) is 234 Å². The Morgan fingerprint density at radius 2 is 1.64 bits per heavy atom. The fourth-order valence-corrected chi connectivity index (χ4v) is 5.07. The van der Waals surface area contributed by atoms with Crippen molar-refractivity contribution in [2.75, 3.05) is 5.32 Å². The van der Waals surface area contributed by atoms with E-state index in [1.807, 2.05) is 0 Å². The van der Waals surface area contributed by atoms with Gasteiger partial charge in [0.1, 0.15) is 35.6 Å². The molecule has 242 valence electrons. The quantitative estimate of drug-likeness (QED) is 0.107. The highest BCUT2D eigenvalue weighted by atomic mass is 32.2. The number of rotatable bonds is 10. The maximum Gasteiger partial charge on any atom is 0.413 e. The van der Waals surface area contributed by atoms with E-state index in [-0.39, 0.29) is 21.7 Å². The number of aromatic nitrogens is 4. The minimum Gasteiger partial charge on any atom is -0.457 e. The molecule has 20 heteroatoms. The van der Waals surface area contributed by atoms with Crippen molar-refractivity contribution in [1.29, 1.82) is 0 Å². The number of hydrogen-bond donors (Lipinski definition) is 3. The molecule has 3 rings (SSSR count). The average molecular weight is 659 g/mol. The number of nitrogens with one attached hydrogen (secondary N) is 2. The van der Waals surface area contributed by atoms with Crippen molar-refractivity contribution in [3.8, 4) is 0 Å². The Morgan fingerprint density at radius 1 is 1.05 bits per heavy atom. The summed E-state index contributed by atoms with van der Waals surface area (Å²) in [6.45, 7) is 12.5. The molecular weight excluding hydrogens is 624 g/mol. The van der Waals surface area contributed by atoms with Gasteiger partial charge in [-0.05, 0) is 55.4 Å². The van der Waals surface area contributed by atoms with Crippen LogP contribution in [0.4, 0.5) is 9.93 Å². The summed E-state index contributed by atoms with van der Waals surface area (Å²) >= 11 is 0.908. The van der Waals surface area contributed by atoms with E-state index in [0.29, 0.717) is 0 Å². The third-order valence-corrected chi connectivity index (χ3v) is 7.10. The number of anilines is 1. The molecule has 0 saturated carbocycles. The standard InChI is InChI=1S/C24H34N8O10S2/c1-22(2,3)40-19(35)24(7,8)42-30-15(13-10-43-20(27-13)29-21(36)41-23(4,5)6)17(33)28-16-14(9-31-11-25-26-12-31)32(18(16)34)44(37,38)39/h10-12,14,16H,9H2,1-8H3,(H,28,33)(H,27,29,36)(H,37,38,39)/b30-15-/t14-,16+/m1/s1. The van der Waals surface area contributed by atoms with E-state index >= 15 is 0 Å². The summed E-state index contributed by atoms with van der Waals surface area (Å²) in [6, 6.07) is -2.72. The molecule has 3 heterocycles. The Morgan fingerprint density at radius 3 is 2.18 bits per heavy atom. The van der Waals surface area contributed by atoms with Crippen molar-refractivity contribution < 1.29 is 46.5 Å². The number of thiazole rings is 1. The minimum atomic E-state index is -4.98. The van der Waals surface area contributed by atoms with Crippen molar-refractivity contribution in [3.05, 3.63) is 23.7 Å². The molecule has 1 aliphatic rings. The van der Waals surface area contributed by atoms with Crippen molar-refractivity contribution in [2.24, 2.45) is 5.16 Å². The van der Waals surface area contributed by atoms with Gasteiger partial charge < -0.3 is 24.2 Å². The molecular formula is C24H34N8O10S2. The third-order valence-electron chi connectivity index (χ3n) is 5.39. The van der Waals surface area contributed by atoms with Crippen LogP contribution in [0.5, 0.6) is 0 Å². The van der Waals surface area contributed by atoms with Gasteiger partial charge in [0.25, 0.3) is 11.8 Å². The van der Waals surface area contributed by atoms with E-state index in [1.165, 1.54) is 36.4 Å². The molecule has 0 radical (unpaired) electrons. The third kappa shape index (κ3) is 8.92. The molecule has 44 heavy (non-hydrogen) atoms. The number of ether oxygens (including phenoxy) is 2. The number of esters is 1. The number of amides is 3. The lowest BCUT2D eigenvalue weighted by molar-refractivity contribution is -0.179. The average Bonchev–Trinajstić information content (AvgIpc) is 3.51. The van der Waals surface area contributed by atoms with Crippen molar-refractivity contribution >= 4 is 56.4 Å². The van der Waals surface area contributed by atoms with Crippen molar-refractivity contribution in [3.63, 3.8) is 0 Å². The van der Waals surface area contributed by atoms with Crippen LogP contribution in [0, 0.1) is 0 Å². The van der Waals surface area contributed by atoms with Gasteiger partial charge in [0.05, 0.1) is 6.04 Å². The number of hydrogen-bond acceptors (Lipinski definition) is 14. The molecule has 1 aliphatic heterocycles. The molecule has 0 bridgehead atoms. The molecule has 1 fully saturated rings. The van der Waals surface area contributed by atoms with Gasteiger partial charge >= 0.3 is 22.4 Å². The van der Waals surface area contributed by atoms with Crippen LogP contribution in [-0.4, -0.2) is 95.5 Å². The molecule has 0 unspecified atom stereocenters. The second kappa shape index (κ2) is 12.4. The van der Waals surface area contributed by atoms with Crippen LogP contribution in [0.3, 0.4) is 0 Å². The van der Waals surface area contributed by atoms with Gasteiger partial charge in [-0.2, -0.15) is 8.42 Å². The summed E-state index contributed by atoms with van der Waals surface area (Å²) < 4.78 is 45.4. The molecule has 2 aromatic heterocycles. The maximum atomic E-state index is 13.5. The van der Waals surface area contributed by atoms with E-state index in [0.717, 1.165) is 11.3 Å². The lowest BCUT2D eigenvalue weighted by atomic mass is 9.98. The SMILES string of the molecule is CC(C)(C)OC(=O)Nc1nc(/C(=N/OC(C)(C)C(=O)OC(C)(C)C)C(=O)N[C@@H]2C(=O)N(S(=O)(=O)O)[C@@H]2Cn2cnnc2)cs1. The van der Waals surface area contributed by atoms with Gasteiger partial charge in [0.15, 0.2) is 10.8 Å². The lowest BCUT2D eigenvalue weighted by Gasteiger charge is -2.44. The Balaban J connectivity index is 1.92. The number of nitrogens with zero attached hydrogens (tertiary/aromatic N) is 6. The van der Waals surface area contributed by atoms with Gasteiger partial charge in [-0.15, -0.1) is 21.5 Å². The summed E-state index contributed by atoms with van der Waals surface area (Å²) in [5.41, 5.74) is -4.02. The number of carbonyl (C=O) groups is 4. The van der Waals surface area contributed by atoms with Gasteiger partial charge in [0.2, 0.25) is 5.60 Å². The first-order chi connectivity index (χ1) is 20.1. The fraction of sp³-hybridized carbons (Fsp3) is 0.583. The normalized spacial score (nSPS) is 17.9. The minimum absolute atomic E-state index is 0.0175. The van der Waals surface area contributed by atoms with E-state index in [2.05, 4.69) is 31.0 Å². The highest BCUT2D eigenvalue weighted by molar-refractivity contribution is 7.84. The molecule has 18 nitrogen and oxygen atoms in total. The molecule has 2 atom stereocenters. The molecule has 0 aliphatic carbocycles. The van der Waals surface area contributed by atoms with Crippen molar-refractivity contribution in [1.82, 2.24) is 29.4 Å². The monoisotopic (exact) mass is 658 g/mol. The van der Waals surface area contributed by atoms with Crippen LogP contribution in [0.25, 0.3) is 0 Å². The van der Waals surface area contributed by atoms with Crippen LogP contribution < -0.4 is 10.6 Å². The maximum absolute atomic E-state index is 13.5. The first-order valence-corrected chi connectivity index (χ1v) is 15.2. The van der Waals surface area contributed by atoms with Crippen LogP contribution in [0.2, 0.25) is 0 Å². The Bertz CT molecular complexity index is 1540.